The van der Waals surface area contributed by atoms with Crippen LogP contribution in [0, 0.1) is 0 Å². The number of rotatable bonds is 8. The van der Waals surface area contributed by atoms with Gasteiger partial charge in [0.05, 0.1) is 14.2 Å². The van der Waals surface area contributed by atoms with E-state index in [0.717, 1.165) is 37.0 Å². The number of carbonyl (C=O) groups excluding carboxylic acids is 1. The van der Waals surface area contributed by atoms with Crippen LogP contribution >= 0.6 is 0 Å². The highest BCUT2D eigenvalue weighted by Gasteiger charge is 2.19. The van der Waals surface area contributed by atoms with Gasteiger partial charge in [0, 0.05) is 26.7 Å². The molecule has 0 radical (unpaired) electrons. The van der Waals surface area contributed by atoms with Gasteiger partial charge in [-0.15, -0.1) is 0 Å². The molecule has 2 N–H and O–H groups in total. The maximum absolute atomic E-state index is 12.1. The van der Waals surface area contributed by atoms with Crippen LogP contribution in [0.3, 0.4) is 0 Å². The van der Waals surface area contributed by atoms with Crippen LogP contribution in [0.2, 0.25) is 0 Å². The molecule has 2 aromatic carbocycles. The maximum atomic E-state index is 12.1. The lowest BCUT2D eigenvalue weighted by Crippen LogP contribution is -2.46. The molecule has 1 aliphatic rings. The van der Waals surface area contributed by atoms with E-state index in [-0.39, 0.29) is 18.5 Å². The molecule has 0 bridgehead atoms. The minimum absolute atomic E-state index is 0.0278. The first-order valence-electron chi connectivity index (χ1n) is 11.0. The van der Waals surface area contributed by atoms with Gasteiger partial charge >= 0.3 is 0 Å². The smallest absolute Gasteiger partial charge is 0.243 e. The molecule has 0 saturated carbocycles. The number of likely N-dealkylation sites (N-methyl/N-ethyl adjacent to an activating group) is 1. The van der Waals surface area contributed by atoms with Crippen molar-refractivity contribution in [1.82, 2.24) is 15.5 Å². The van der Waals surface area contributed by atoms with Crippen molar-refractivity contribution in [2.24, 2.45) is 4.99 Å². The van der Waals surface area contributed by atoms with Gasteiger partial charge in [-0.2, -0.15) is 0 Å². The first-order chi connectivity index (χ1) is 15.5. The first-order valence-corrected chi connectivity index (χ1v) is 11.0. The standard InChI is InChI=1S/C25H34N4O3/c1-29(2)24(30)17-27-25(28-21-11-10-19-7-5-6-8-20(19)16-21)26-14-13-18-9-12-22(31-3)23(15-18)32-4/h5-9,12,15,21H,10-11,13-14,16-17H2,1-4H3,(H2,26,27,28). The predicted molar refractivity (Wildman–Crippen MR) is 128 cm³/mol. The van der Waals surface area contributed by atoms with Crippen LogP contribution in [-0.4, -0.2) is 64.2 Å². The number of aliphatic imine (C=N–C) groups is 1. The lowest BCUT2D eigenvalue weighted by atomic mass is 9.88. The van der Waals surface area contributed by atoms with Crippen LogP contribution in [0.1, 0.15) is 23.1 Å². The van der Waals surface area contributed by atoms with Gasteiger partial charge in [0.1, 0.15) is 6.54 Å². The SMILES string of the molecule is COc1ccc(CCNC(=NCC(=O)N(C)C)NC2CCc3ccccc3C2)cc1OC. The Balaban J connectivity index is 1.63. The quantitative estimate of drug-likeness (QED) is 0.489. The zero-order valence-corrected chi connectivity index (χ0v) is 19.5. The zero-order valence-electron chi connectivity index (χ0n) is 19.5. The summed E-state index contributed by atoms with van der Waals surface area (Å²) in [4.78, 5) is 18.2. The summed E-state index contributed by atoms with van der Waals surface area (Å²) in [6, 6.07) is 14.8. The molecular weight excluding hydrogens is 404 g/mol. The van der Waals surface area contributed by atoms with Gasteiger partial charge in [0.2, 0.25) is 5.91 Å². The highest BCUT2D eigenvalue weighted by Crippen LogP contribution is 2.27. The van der Waals surface area contributed by atoms with E-state index in [9.17, 15) is 4.79 Å². The Morgan fingerprint density at radius 3 is 2.56 bits per heavy atom. The fraction of sp³-hybridized carbons (Fsp3) is 0.440. The molecule has 1 atom stereocenters. The second kappa shape index (κ2) is 11.4. The molecule has 7 nitrogen and oxygen atoms in total. The molecule has 0 aromatic heterocycles. The molecule has 1 amide bonds. The number of hydrogen-bond donors (Lipinski definition) is 2. The fourth-order valence-corrected chi connectivity index (χ4v) is 3.82. The number of aryl methyl sites for hydroxylation is 1. The van der Waals surface area contributed by atoms with E-state index in [1.165, 1.54) is 11.1 Å². The average molecular weight is 439 g/mol. The Labute approximate surface area is 190 Å². The van der Waals surface area contributed by atoms with Gasteiger partial charge in [-0.3, -0.25) is 4.79 Å². The molecular formula is C25H34N4O3. The number of hydrogen-bond acceptors (Lipinski definition) is 4. The Morgan fingerprint density at radius 2 is 1.84 bits per heavy atom. The highest BCUT2D eigenvalue weighted by atomic mass is 16.5. The number of guanidine groups is 1. The third kappa shape index (κ3) is 6.39. The number of ether oxygens (including phenoxy) is 2. The van der Waals surface area contributed by atoms with Crippen molar-refractivity contribution >= 4 is 11.9 Å². The van der Waals surface area contributed by atoms with E-state index in [0.29, 0.717) is 18.3 Å². The Morgan fingerprint density at radius 1 is 1.09 bits per heavy atom. The molecule has 7 heteroatoms. The van der Waals surface area contributed by atoms with Crippen molar-refractivity contribution in [3.8, 4) is 11.5 Å². The summed E-state index contributed by atoms with van der Waals surface area (Å²) >= 11 is 0. The second-order valence-electron chi connectivity index (χ2n) is 8.17. The Hall–Kier alpha value is -3.22. The summed E-state index contributed by atoms with van der Waals surface area (Å²) in [6.07, 6.45) is 3.82. The molecule has 0 heterocycles. The van der Waals surface area contributed by atoms with Crippen molar-refractivity contribution in [1.29, 1.82) is 0 Å². The summed E-state index contributed by atoms with van der Waals surface area (Å²) in [5.41, 5.74) is 3.93. The molecule has 0 spiro atoms. The minimum Gasteiger partial charge on any atom is -0.493 e. The predicted octanol–water partition coefficient (Wildman–Crippen LogP) is 2.43. The lowest BCUT2D eigenvalue weighted by molar-refractivity contribution is -0.127. The minimum atomic E-state index is -0.0278. The van der Waals surface area contributed by atoms with E-state index in [4.69, 9.17) is 9.47 Å². The number of methoxy groups -OCH3 is 2. The summed E-state index contributed by atoms with van der Waals surface area (Å²) in [5.74, 6) is 2.08. The number of carbonyl (C=O) groups is 1. The van der Waals surface area contributed by atoms with Gasteiger partial charge in [-0.1, -0.05) is 30.3 Å². The van der Waals surface area contributed by atoms with Crippen LogP contribution in [0.5, 0.6) is 11.5 Å². The lowest BCUT2D eigenvalue weighted by Gasteiger charge is -2.27. The van der Waals surface area contributed by atoms with Gasteiger partial charge in [-0.25, -0.2) is 4.99 Å². The number of nitrogens with zero attached hydrogens (tertiary/aromatic N) is 2. The van der Waals surface area contributed by atoms with Gasteiger partial charge in [0.25, 0.3) is 0 Å². The van der Waals surface area contributed by atoms with E-state index in [2.05, 4.69) is 39.9 Å². The molecule has 0 aliphatic heterocycles. The normalized spacial score (nSPS) is 15.5. The van der Waals surface area contributed by atoms with Crippen molar-refractivity contribution in [3.63, 3.8) is 0 Å². The average Bonchev–Trinajstić information content (AvgIpc) is 2.81. The summed E-state index contributed by atoms with van der Waals surface area (Å²) in [5, 5.41) is 6.94. The molecule has 0 fully saturated rings. The van der Waals surface area contributed by atoms with E-state index < -0.39 is 0 Å². The molecule has 32 heavy (non-hydrogen) atoms. The molecule has 1 unspecified atom stereocenters. The largest absolute Gasteiger partial charge is 0.493 e. The van der Waals surface area contributed by atoms with Crippen LogP contribution in [-0.2, 0) is 24.1 Å². The number of benzene rings is 2. The van der Waals surface area contributed by atoms with Crippen LogP contribution in [0.15, 0.2) is 47.5 Å². The van der Waals surface area contributed by atoms with E-state index in [1.54, 1.807) is 33.2 Å². The topological polar surface area (TPSA) is 75.2 Å². The third-order valence-electron chi connectivity index (χ3n) is 5.71. The molecule has 1 aliphatic carbocycles. The fourth-order valence-electron chi connectivity index (χ4n) is 3.82. The highest BCUT2D eigenvalue weighted by molar-refractivity contribution is 5.85. The van der Waals surface area contributed by atoms with Crippen LogP contribution in [0.25, 0.3) is 0 Å². The van der Waals surface area contributed by atoms with Crippen molar-refractivity contribution in [3.05, 3.63) is 59.2 Å². The van der Waals surface area contributed by atoms with Gasteiger partial charge in [-0.05, 0) is 54.5 Å². The molecule has 0 saturated heterocycles. The second-order valence-corrected chi connectivity index (χ2v) is 8.17. The van der Waals surface area contributed by atoms with E-state index in [1.807, 2.05) is 18.2 Å². The number of amides is 1. The van der Waals surface area contributed by atoms with Crippen molar-refractivity contribution in [2.45, 2.75) is 31.7 Å². The van der Waals surface area contributed by atoms with Gasteiger partial charge in [0.15, 0.2) is 17.5 Å². The summed E-state index contributed by atoms with van der Waals surface area (Å²) < 4.78 is 10.7. The monoisotopic (exact) mass is 438 g/mol. The van der Waals surface area contributed by atoms with Crippen molar-refractivity contribution in [2.75, 3.05) is 41.4 Å². The Bertz CT molecular complexity index is 943. The molecule has 3 rings (SSSR count). The van der Waals surface area contributed by atoms with E-state index >= 15 is 0 Å². The number of nitrogens with one attached hydrogen (secondary N) is 2. The van der Waals surface area contributed by atoms with Crippen LogP contribution < -0.4 is 20.1 Å². The zero-order chi connectivity index (χ0) is 22.9. The Kier molecular flexibility index (Phi) is 8.36. The van der Waals surface area contributed by atoms with Crippen LogP contribution in [0.4, 0.5) is 0 Å². The molecule has 172 valence electrons. The van der Waals surface area contributed by atoms with Crippen molar-refractivity contribution < 1.29 is 14.3 Å². The summed E-state index contributed by atoms with van der Waals surface area (Å²) in [6.45, 7) is 0.794. The summed E-state index contributed by atoms with van der Waals surface area (Å²) in [7, 11) is 6.76. The number of fused-ring (bicyclic) bond motifs is 1. The maximum Gasteiger partial charge on any atom is 0.243 e. The molecule has 2 aromatic rings. The third-order valence-corrected chi connectivity index (χ3v) is 5.71. The first kappa shape index (κ1) is 23.4. The van der Waals surface area contributed by atoms with Gasteiger partial charge < -0.3 is 25.0 Å².